The average Bonchev–Trinajstić information content (AvgIpc) is 3.43. The van der Waals surface area contributed by atoms with Crippen molar-refractivity contribution in [3.8, 4) is 0 Å². The summed E-state index contributed by atoms with van der Waals surface area (Å²) in [4.78, 5) is 55.4. The Morgan fingerprint density at radius 1 is 0.436 bits per heavy atom. The Balaban J connectivity index is 4.32. The highest BCUT2D eigenvalue weighted by atomic mass is 31.2. The van der Waals surface area contributed by atoms with Crippen molar-refractivity contribution in [1.82, 2.24) is 5.32 Å². The van der Waals surface area contributed by atoms with Gasteiger partial charge in [0, 0.05) is 125 Å². The molecule has 0 saturated heterocycles. The number of hydrogen-bond acceptors (Lipinski definition) is 31. The summed E-state index contributed by atoms with van der Waals surface area (Å²) in [6, 6.07) is 0. The zero-order chi connectivity index (χ0) is 56.8. The van der Waals surface area contributed by atoms with Crippen molar-refractivity contribution in [2.45, 2.75) is 225 Å². The summed E-state index contributed by atoms with van der Waals surface area (Å²) in [5.74, 6) is -1.06. The molecule has 0 aromatic rings. The topological polar surface area (TPSA) is 350 Å². The minimum absolute atomic E-state index is 0.112. The lowest BCUT2D eigenvalue weighted by molar-refractivity contribution is -0.898. The van der Waals surface area contributed by atoms with E-state index in [1.54, 1.807) is 0 Å². The SMILES string of the molecule is C=COOOOOOOOOOOOOOOOOOOOOOOC(=O)NCCOP(=O)(O)OC[C@@H](COC(=O)CCCCCCCCCCCCCCCCC)OC(=O)CCCCCCCCCCCCCCCCC. The van der Waals surface area contributed by atoms with E-state index in [9.17, 15) is 23.8 Å². The van der Waals surface area contributed by atoms with E-state index in [-0.39, 0.29) is 12.8 Å². The monoisotopic (exact) mass is 1170 g/mol. The summed E-state index contributed by atoms with van der Waals surface area (Å²) in [5, 5.41) is 78.6. The molecule has 34 heteroatoms. The smallest absolute Gasteiger partial charge is 0.462 e. The van der Waals surface area contributed by atoms with Gasteiger partial charge in [-0.15, -0.1) is 0 Å². The molecule has 0 radical (unpaired) electrons. The Labute approximate surface area is 453 Å². The number of nitrogens with one attached hydrogen (secondary N) is 1. The third-order valence-corrected chi connectivity index (χ3v) is 11.5. The fourth-order valence-electron chi connectivity index (χ4n) is 6.76. The van der Waals surface area contributed by atoms with Crippen LogP contribution in [0.1, 0.15) is 219 Å². The summed E-state index contributed by atoms with van der Waals surface area (Å²) in [6.45, 7) is 5.52. The molecule has 0 aliphatic rings. The van der Waals surface area contributed by atoms with Gasteiger partial charge in [-0.05, 0) is 12.8 Å². The van der Waals surface area contributed by atoms with Crippen LogP contribution in [0.3, 0.4) is 0 Å². The molecule has 462 valence electrons. The third kappa shape index (κ3) is 60.7. The molecule has 0 rings (SSSR count). The van der Waals surface area contributed by atoms with Crippen LogP contribution in [0.2, 0.25) is 0 Å². The highest BCUT2D eigenvalue weighted by Crippen LogP contribution is 2.43. The lowest BCUT2D eigenvalue weighted by Crippen LogP contribution is -2.30. The van der Waals surface area contributed by atoms with Gasteiger partial charge in [-0.1, -0.05) is 200 Å². The first-order valence-electron chi connectivity index (χ1n) is 26.4. The maximum Gasteiger partial charge on any atom is 0.472 e. The van der Waals surface area contributed by atoms with E-state index in [0.29, 0.717) is 12.8 Å². The maximum atomic E-state index is 12.8. The molecule has 0 aromatic heterocycles. The van der Waals surface area contributed by atoms with Crippen molar-refractivity contribution < 1.29 is 158 Å². The Morgan fingerprint density at radius 3 is 1.12 bits per heavy atom. The molecule has 0 bridgehead atoms. The highest BCUT2D eigenvalue weighted by Gasteiger charge is 2.26. The van der Waals surface area contributed by atoms with Crippen molar-refractivity contribution in [1.29, 1.82) is 0 Å². The van der Waals surface area contributed by atoms with Crippen LogP contribution >= 0.6 is 7.82 Å². The minimum atomic E-state index is -4.78. The number of rotatable bonds is 65. The molecule has 2 N–H and O–H groups in total. The number of carbonyl (C=O) groups is 3. The molecule has 0 spiro atoms. The molecule has 0 aliphatic heterocycles. The number of ether oxygens (including phenoxy) is 2. The lowest BCUT2D eigenvalue weighted by Gasteiger charge is -2.20. The number of phosphoric acid groups is 1. The Morgan fingerprint density at radius 2 is 0.756 bits per heavy atom. The molecule has 0 aliphatic carbocycles. The molecule has 0 fully saturated rings. The normalized spacial score (nSPS) is 12.6. The first-order chi connectivity index (χ1) is 38.2. The van der Waals surface area contributed by atoms with E-state index >= 15 is 0 Å². The van der Waals surface area contributed by atoms with Crippen LogP contribution < -0.4 is 5.32 Å². The Kier molecular flexibility index (Phi) is 59.3. The van der Waals surface area contributed by atoms with Gasteiger partial charge in [-0.3, -0.25) is 18.6 Å². The highest BCUT2D eigenvalue weighted by molar-refractivity contribution is 7.47. The van der Waals surface area contributed by atoms with Crippen molar-refractivity contribution in [2.75, 3.05) is 26.4 Å². The molecule has 0 aromatic carbocycles. The molecule has 1 unspecified atom stereocenters. The fraction of sp³-hybridized carbons (Fsp3) is 0.886. The van der Waals surface area contributed by atoms with Crippen molar-refractivity contribution in [3.63, 3.8) is 0 Å². The second-order valence-electron chi connectivity index (χ2n) is 16.8. The molecule has 2 atom stereocenters. The van der Waals surface area contributed by atoms with Gasteiger partial charge in [0.15, 0.2) is 6.10 Å². The van der Waals surface area contributed by atoms with Crippen molar-refractivity contribution in [3.05, 3.63) is 12.8 Å². The first kappa shape index (κ1) is 75.0. The average molecular weight is 1170 g/mol. The summed E-state index contributed by atoms with van der Waals surface area (Å²) in [6.07, 6.45) is 34.1. The zero-order valence-electron chi connectivity index (χ0n) is 44.9. The van der Waals surface area contributed by atoms with Gasteiger partial charge >= 0.3 is 25.9 Å². The van der Waals surface area contributed by atoms with E-state index in [1.165, 1.54) is 135 Å². The number of hydrogen-bond donors (Lipinski definition) is 2. The molecular formula is C44H84NO32P. The van der Waals surface area contributed by atoms with Gasteiger partial charge in [0.1, 0.15) is 12.9 Å². The fourth-order valence-corrected chi connectivity index (χ4v) is 7.51. The second-order valence-corrected chi connectivity index (χ2v) is 18.2. The van der Waals surface area contributed by atoms with Gasteiger partial charge in [0.05, 0.1) is 13.2 Å². The summed E-state index contributed by atoms with van der Waals surface area (Å²) in [7, 11) is -4.78. The van der Waals surface area contributed by atoms with Crippen LogP contribution in [0.25, 0.3) is 0 Å². The molecule has 33 nitrogen and oxygen atoms in total. The van der Waals surface area contributed by atoms with Crippen molar-refractivity contribution in [2.24, 2.45) is 0 Å². The predicted molar refractivity (Wildman–Crippen MR) is 250 cm³/mol. The molecule has 78 heavy (non-hydrogen) atoms. The van der Waals surface area contributed by atoms with E-state index in [1.807, 2.05) is 0 Å². The largest absolute Gasteiger partial charge is 0.472 e. The van der Waals surface area contributed by atoms with Gasteiger partial charge in [-0.25, -0.2) is 14.2 Å². The zero-order valence-corrected chi connectivity index (χ0v) is 45.8. The van der Waals surface area contributed by atoms with Crippen molar-refractivity contribution >= 4 is 25.9 Å². The van der Waals surface area contributed by atoms with E-state index in [0.717, 1.165) is 51.2 Å². The molecule has 0 saturated carbocycles. The number of phosphoric ester groups is 1. The van der Waals surface area contributed by atoms with Crippen LogP contribution in [-0.4, -0.2) is 55.4 Å². The minimum Gasteiger partial charge on any atom is -0.462 e. The van der Waals surface area contributed by atoms with Crippen LogP contribution in [0.5, 0.6) is 0 Å². The van der Waals surface area contributed by atoms with Gasteiger partial charge in [-0.2, -0.15) is 0 Å². The number of esters is 2. The summed E-state index contributed by atoms with van der Waals surface area (Å²) < 4.78 is 33.4. The van der Waals surface area contributed by atoms with Gasteiger partial charge in [0.2, 0.25) is 0 Å². The first-order valence-corrected chi connectivity index (χ1v) is 27.9. The lowest BCUT2D eigenvalue weighted by atomic mass is 10.0. The standard InChI is InChI=1S/C44H84NO32P/c1-4-7-9-11-13-15-17-19-21-23-25-27-29-31-33-35-42(46)51-39-41(55-43(47)36-34-32-30-28-26-24-22-20-18-16-14-12-10-8-5-2)40-54-78(49,50)53-38-37-45-44(48)56-58-60-62-64-66-68-70-72-74-76-77-75-73-71-69-67-65-63-61-59-57-52-6-3/h6,41H,3-5,7-40H2,1-2H3,(H,45,48)(H,49,50)/t41-/m1/s1. The second kappa shape index (κ2) is 61.6. The molecular weight excluding hydrogens is 1090 g/mol. The third-order valence-electron chi connectivity index (χ3n) is 10.5. The maximum absolute atomic E-state index is 12.8. The molecule has 0 heterocycles. The number of unbranched alkanes of at least 4 members (excludes halogenated alkanes) is 28. The predicted octanol–water partition coefficient (Wildman–Crippen LogP) is 11.5. The van der Waals surface area contributed by atoms with Gasteiger partial charge in [0.25, 0.3) is 0 Å². The van der Waals surface area contributed by atoms with Gasteiger partial charge < -0.3 is 24.6 Å². The number of carbonyl (C=O) groups excluding carboxylic acids is 3. The Bertz CT molecular complexity index is 1370. The van der Waals surface area contributed by atoms with Crippen LogP contribution in [0, 0.1) is 0 Å². The summed E-state index contributed by atoms with van der Waals surface area (Å²) in [5.41, 5.74) is 0. The van der Waals surface area contributed by atoms with Crippen LogP contribution in [-0.2, 0) is 148 Å². The Hall–Kier alpha value is -2.98. The quantitative estimate of drug-likeness (QED) is 0.0143. The number of amides is 1. The van der Waals surface area contributed by atoms with Crippen LogP contribution in [0.15, 0.2) is 12.8 Å². The van der Waals surface area contributed by atoms with E-state index < -0.39 is 58.3 Å². The van der Waals surface area contributed by atoms with E-state index in [2.05, 4.69) is 141 Å². The van der Waals surface area contributed by atoms with E-state index in [4.69, 9.17) is 18.5 Å². The molecule has 1 amide bonds. The summed E-state index contributed by atoms with van der Waals surface area (Å²) >= 11 is 0. The van der Waals surface area contributed by atoms with Crippen LogP contribution in [0.4, 0.5) is 4.79 Å².